The first-order valence-electron chi connectivity index (χ1n) is 6.53. The van der Waals surface area contributed by atoms with Crippen LogP contribution in [-0.4, -0.2) is 48.2 Å². The number of rotatable bonds is 8. The molecule has 0 radical (unpaired) electrons. The number of hydrogen-bond acceptors (Lipinski definition) is 3. The Morgan fingerprint density at radius 1 is 1.35 bits per heavy atom. The molecule has 0 aliphatic heterocycles. The van der Waals surface area contributed by atoms with Crippen molar-refractivity contribution in [3.05, 3.63) is 0 Å². The van der Waals surface area contributed by atoms with E-state index in [-0.39, 0.29) is 11.8 Å². The minimum absolute atomic E-state index is 0.0310. The van der Waals surface area contributed by atoms with Crippen LogP contribution in [0.5, 0.6) is 0 Å². The summed E-state index contributed by atoms with van der Waals surface area (Å²) in [5.41, 5.74) is -0.600. The number of nitrogens with one attached hydrogen (secondary N) is 1. The summed E-state index contributed by atoms with van der Waals surface area (Å²) in [5.74, 6) is 0.114. The van der Waals surface area contributed by atoms with Gasteiger partial charge < -0.3 is 15.3 Å². The molecule has 0 fully saturated rings. The van der Waals surface area contributed by atoms with Crippen molar-refractivity contribution in [1.82, 2.24) is 10.2 Å². The van der Waals surface area contributed by atoms with E-state index in [0.29, 0.717) is 13.1 Å². The Hall–Kier alpha value is -0.610. The van der Waals surface area contributed by atoms with Crippen molar-refractivity contribution in [2.45, 2.75) is 46.1 Å². The predicted octanol–water partition coefficient (Wildman–Crippen LogP) is 1.24. The van der Waals surface area contributed by atoms with Gasteiger partial charge in [-0.25, -0.2) is 0 Å². The lowest BCUT2D eigenvalue weighted by Crippen LogP contribution is -2.43. The van der Waals surface area contributed by atoms with Crippen LogP contribution in [0, 0.1) is 5.92 Å². The van der Waals surface area contributed by atoms with Crippen LogP contribution in [0.25, 0.3) is 0 Å². The standard InChI is InChI=1S/C13H28N2O2/c1-6-13(17,7-2)10-15(5)9-8-14-12(16)11(3)4/h11,17H,6-10H2,1-5H3,(H,14,16). The fourth-order valence-corrected chi connectivity index (χ4v) is 1.63. The molecule has 0 spiro atoms. The fraction of sp³-hybridized carbons (Fsp3) is 0.923. The van der Waals surface area contributed by atoms with Gasteiger partial charge in [-0.05, 0) is 19.9 Å². The van der Waals surface area contributed by atoms with Gasteiger partial charge in [0.05, 0.1) is 5.60 Å². The summed E-state index contributed by atoms with van der Waals surface area (Å²) in [6.45, 7) is 9.81. The van der Waals surface area contributed by atoms with E-state index >= 15 is 0 Å². The number of carbonyl (C=O) groups excluding carboxylic acids is 1. The van der Waals surface area contributed by atoms with E-state index < -0.39 is 5.60 Å². The first-order valence-corrected chi connectivity index (χ1v) is 6.53. The van der Waals surface area contributed by atoms with E-state index in [1.54, 1.807) is 0 Å². The van der Waals surface area contributed by atoms with Crippen LogP contribution in [-0.2, 0) is 4.79 Å². The summed E-state index contributed by atoms with van der Waals surface area (Å²) < 4.78 is 0. The highest BCUT2D eigenvalue weighted by atomic mass is 16.3. The second-order valence-electron chi connectivity index (χ2n) is 5.11. The van der Waals surface area contributed by atoms with Gasteiger partial charge in [0.1, 0.15) is 0 Å². The highest BCUT2D eigenvalue weighted by Gasteiger charge is 2.23. The molecular weight excluding hydrogens is 216 g/mol. The molecule has 17 heavy (non-hydrogen) atoms. The number of aliphatic hydroxyl groups is 1. The normalized spacial score (nSPS) is 12.2. The number of nitrogens with zero attached hydrogens (tertiary/aromatic N) is 1. The first-order chi connectivity index (χ1) is 7.84. The summed E-state index contributed by atoms with van der Waals surface area (Å²) in [7, 11) is 1.97. The lowest BCUT2D eigenvalue weighted by molar-refractivity contribution is -0.124. The molecule has 0 unspecified atom stereocenters. The van der Waals surface area contributed by atoms with Gasteiger partial charge in [-0.15, -0.1) is 0 Å². The maximum absolute atomic E-state index is 11.3. The van der Waals surface area contributed by atoms with E-state index in [2.05, 4.69) is 10.2 Å². The molecule has 0 atom stereocenters. The third-order valence-electron chi connectivity index (χ3n) is 3.20. The molecular formula is C13H28N2O2. The Morgan fingerprint density at radius 2 is 1.88 bits per heavy atom. The Labute approximate surface area is 105 Å². The highest BCUT2D eigenvalue weighted by molar-refractivity contribution is 5.77. The SMILES string of the molecule is CCC(O)(CC)CN(C)CCNC(=O)C(C)C. The Bertz CT molecular complexity index is 225. The number of likely N-dealkylation sites (N-methyl/N-ethyl adjacent to an activating group) is 1. The molecule has 0 rings (SSSR count). The first kappa shape index (κ1) is 16.4. The summed E-state index contributed by atoms with van der Waals surface area (Å²) in [4.78, 5) is 13.4. The lowest BCUT2D eigenvalue weighted by Gasteiger charge is -2.30. The second-order valence-corrected chi connectivity index (χ2v) is 5.11. The maximum Gasteiger partial charge on any atom is 0.222 e. The van der Waals surface area contributed by atoms with E-state index in [0.717, 1.165) is 19.4 Å². The van der Waals surface area contributed by atoms with E-state index in [1.807, 2.05) is 34.7 Å². The summed E-state index contributed by atoms with van der Waals surface area (Å²) in [5, 5.41) is 13.0. The van der Waals surface area contributed by atoms with Crippen LogP contribution in [0.1, 0.15) is 40.5 Å². The van der Waals surface area contributed by atoms with Gasteiger partial charge in [-0.2, -0.15) is 0 Å². The van der Waals surface area contributed by atoms with Gasteiger partial charge >= 0.3 is 0 Å². The van der Waals surface area contributed by atoms with Gasteiger partial charge in [0.15, 0.2) is 0 Å². The largest absolute Gasteiger partial charge is 0.389 e. The summed E-state index contributed by atoms with van der Waals surface area (Å²) in [6, 6.07) is 0. The zero-order valence-corrected chi connectivity index (χ0v) is 11.9. The molecule has 4 heteroatoms. The monoisotopic (exact) mass is 244 g/mol. The molecule has 0 saturated heterocycles. The Balaban J connectivity index is 3.87. The van der Waals surface area contributed by atoms with Gasteiger partial charge in [-0.1, -0.05) is 27.7 Å². The van der Waals surface area contributed by atoms with Crippen LogP contribution in [0.4, 0.5) is 0 Å². The fourth-order valence-electron chi connectivity index (χ4n) is 1.63. The predicted molar refractivity (Wildman–Crippen MR) is 70.9 cm³/mol. The van der Waals surface area contributed by atoms with Crippen LogP contribution >= 0.6 is 0 Å². The van der Waals surface area contributed by atoms with Crippen molar-refractivity contribution in [3.63, 3.8) is 0 Å². The third-order valence-corrected chi connectivity index (χ3v) is 3.20. The van der Waals surface area contributed by atoms with Gasteiger partial charge in [0.25, 0.3) is 0 Å². The molecule has 0 aromatic carbocycles. The summed E-state index contributed by atoms with van der Waals surface area (Å²) in [6.07, 6.45) is 1.51. The topological polar surface area (TPSA) is 52.6 Å². The molecule has 1 amide bonds. The zero-order valence-electron chi connectivity index (χ0n) is 11.9. The summed E-state index contributed by atoms with van der Waals surface area (Å²) >= 11 is 0. The molecule has 0 aromatic rings. The third kappa shape index (κ3) is 6.64. The molecule has 0 heterocycles. The van der Waals surface area contributed by atoms with E-state index in [1.165, 1.54) is 0 Å². The van der Waals surface area contributed by atoms with E-state index in [4.69, 9.17) is 0 Å². The highest BCUT2D eigenvalue weighted by Crippen LogP contribution is 2.15. The van der Waals surface area contributed by atoms with Crippen molar-refractivity contribution < 1.29 is 9.90 Å². The molecule has 0 aliphatic rings. The van der Waals surface area contributed by atoms with Gasteiger partial charge in [0, 0.05) is 25.6 Å². The van der Waals surface area contributed by atoms with Crippen LogP contribution in [0.2, 0.25) is 0 Å². The quantitative estimate of drug-likeness (QED) is 0.675. The van der Waals surface area contributed by atoms with Crippen molar-refractivity contribution >= 4 is 5.91 Å². The Morgan fingerprint density at radius 3 is 2.29 bits per heavy atom. The average Bonchev–Trinajstić information content (AvgIpc) is 2.28. The number of amides is 1. The molecule has 0 aliphatic carbocycles. The zero-order chi connectivity index (χ0) is 13.5. The smallest absolute Gasteiger partial charge is 0.222 e. The maximum atomic E-state index is 11.3. The van der Waals surface area contributed by atoms with Crippen molar-refractivity contribution in [1.29, 1.82) is 0 Å². The average molecular weight is 244 g/mol. The van der Waals surface area contributed by atoms with Crippen molar-refractivity contribution in [2.24, 2.45) is 5.92 Å². The van der Waals surface area contributed by atoms with Crippen molar-refractivity contribution in [2.75, 3.05) is 26.7 Å². The minimum Gasteiger partial charge on any atom is -0.389 e. The number of carbonyl (C=O) groups is 1. The van der Waals surface area contributed by atoms with Crippen LogP contribution in [0.15, 0.2) is 0 Å². The minimum atomic E-state index is -0.600. The molecule has 0 aromatic heterocycles. The molecule has 0 saturated carbocycles. The molecule has 2 N–H and O–H groups in total. The van der Waals surface area contributed by atoms with Gasteiger partial charge in [0.2, 0.25) is 5.91 Å². The number of hydrogen-bond donors (Lipinski definition) is 2. The second kappa shape index (κ2) is 7.67. The van der Waals surface area contributed by atoms with Crippen molar-refractivity contribution in [3.8, 4) is 0 Å². The molecule has 102 valence electrons. The van der Waals surface area contributed by atoms with Crippen LogP contribution < -0.4 is 5.32 Å². The Kier molecular flexibility index (Phi) is 7.39. The van der Waals surface area contributed by atoms with Gasteiger partial charge in [-0.3, -0.25) is 4.79 Å². The lowest BCUT2D eigenvalue weighted by atomic mass is 9.97. The van der Waals surface area contributed by atoms with E-state index in [9.17, 15) is 9.90 Å². The van der Waals surface area contributed by atoms with Crippen LogP contribution in [0.3, 0.4) is 0 Å². The molecule has 4 nitrogen and oxygen atoms in total. The molecule has 0 bridgehead atoms.